The van der Waals surface area contributed by atoms with Gasteiger partial charge in [-0.25, -0.2) is 16.8 Å². The van der Waals surface area contributed by atoms with Crippen molar-refractivity contribution < 1.29 is 40.6 Å². The first-order valence-electron chi connectivity index (χ1n) is 13.8. The van der Waals surface area contributed by atoms with Crippen molar-refractivity contribution in [3.05, 3.63) is 48.5 Å². The fraction of sp³-hybridized carbons (Fsp3) is 0.500. The van der Waals surface area contributed by atoms with Gasteiger partial charge in [0.2, 0.25) is 20.0 Å². The number of benzene rings is 2. The second-order valence-corrected chi connectivity index (χ2v) is 13.8. The lowest BCUT2D eigenvalue weighted by molar-refractivity contribution is -0.150. The van der Waals surface area contributed by atoms with Gasteiger partial charge < -0.3 is 14.2 Å². The molecule has 2 aromatic rings. The van der Waals surface area contributed by atoms with Gasteiger partial charge in [-0.15, -0.1) is 0 Å². The molecule has 0 amide bonds. The monoisotopic (exact) mass is 608 g/mol. The van der Waals surface area contributed by atoms with Gasteiger partial charge in [0, 0.05) is 26.2 Å². The molecule has 0 radical (unpaired) electrons. The zero-order valence-corrected chi connectivity index (χ0v) is 24.9. The van der Waals surface area contributed by atoms with E-state index in [9.17, 15) is 26.4 Å². The topological polar surface area (TPSA) is 137 Å². The van der Waals surface area contributed by atoms with Crippen LogP contribution in [-0.4, -0.2) is 76.8 Å². The number of esters is 2. The van der Waals surface area contributed by atoms with Crippen molar-refractivity contribution in [2.45, 2.75) is 49.3 Å². The van der Waals surface area contributed by atoms with Gasteiger partial charge in [0.25, 0.3) is 0 Å². The molecule has 41 heavy (non-hydrogen) atoms. The smallest absolute Gasteiger partial charge is 0.310 e. The minimum atomic E-state index is -3.81. The molecular formula is C28H36N2O9S2. The van der Waals surface area contributed by atoms with Crippen LogP contribution in [0.2, 0.25) is 0 Å². The summed E-state index contributed by atoms with van der Waals surface area (Å²) in [4.78, 5) is 24.4. The maximum absolute atomic E-state index is 13.2. The molecule has 2 aromatic carbocycles. The van der Waals surface area contributed by atoms with Crippen LogP contribution in [0.1, 0.15) is 39.5 Å². The molecule has 0 bridgehead atoms. The van der Waals surface area contributed by atoms with Crippen LogP contribution in [0, 0.1) is 11.8 Å². The number of ether oxygens (including phenoxy) is 3. The van der Waals surface area contributed by atoms with E-state index in [2.05, 4.69) is 0 Å². The summed E-state index contributed by atoms with van der Waals surface area (Å²) in [6.45, 7) is 4.74. The van der Waals surface area contributed by atoms with Gasteiger partial charge in [-0.1, -0.05) is 0 Å². The van der Waals surface area contributed by atoms with Crippen molar-refractivity contribution in [1.82, 2.24) is 8.61 Å². The minimum Gasteiger partial charge on any atom is -0.466 e. The predicted octanol–water partition coefficient (Wildman–Crippen LogP) is 3.41. The number of hydrogen-bond donors (Lipinski definition) is 0. The molecule has 0 N–H and O–H groups in total. The zero-order chi connectivity index (χ0) is 29.6. The van der Waals surface area contributed by atoms with E-state index in [1.54, 1.807) is 13.8 Å². The summed E-state index contributed by atoms with van der Waals surface area (Å²) in [6, 6.07) is 11.8. The maximum Gasteiger partial charge on any atom is 0.310 e. The largest absolute Gasteiger partial charge is 0.466 e. The molecule has 0 unspecified atom stereocenters. The first-order valence-corrected chi connectivity index (χ1v) is 16.7. The second kappa shape index (κ2) is 13.3. The van der Waals surface area contributed by atoms with Crippen LogP contribution in [0.25, 0.3) is 0 Å². The first-order chi connectivity index (χ1) is 19.6. The lowest BCUT2D eigenvalue weighted by atomic mass is 10.0. The van der Waals surface area contributed by atoms with Gasteiger partial charge in [-0.05, 0) is 88.1 Å². The van der Waals surface area contributed by atoms with Crippen LogP contribution in [0.3, 0.4) is 0 Å². The van der Waals surface area contributed by atoms with Crippen molar-refractivity contribution in [1.29, 1.82) is 0 Å². The SMILES string of the molecule is CCOC(=O)[C@@H]1CCCN(S(=O)(=O)c2ccc(Oc3ccc(S(=O)(=O)N4CCC[C@@H](C(=O)OCC)C4)cc3)cc2)C1. The van der Waals surface area contributed by atoms with Crippen LogP contribution in [0.15, 0.2) is 58.3 Å². The van der Waals surface area contributed by atoms with E-state index in [1.807, 2.05) is 0 Å². The Morgan fingerprint density at radius 2 is 1.05 bits per heavy atom. The van der Waals surface area contributed by atoms with Gasteiger partial charge in [0.1, 0.15) is 11.5 Å². The maximum atomic E-state index is 13.2. The van der Waals surface area contributed by atoms with E-state index >= 15 is 0 Å². The Morgan fingerprint density at radius 3 is 1.39 bits per heavy atom. The molecule has 0 aliphatic carbocycles. The molecule has 0 aromatic heterocycles. The van der Waals surface area contributed by atoms with E-state index in [1.165, 1.54) is 57.1 Å². The average Bonchev–Trinajstić information content (AvgIpc) is 2.98. The molecule has 11 nitrogen and oxygen atoms in total. The fourth-order valence-corrected chi connectivity index (χ4v) is 8.07. The van der Waals surface area contributed by atoms with E-state index in [4.69, 9.17) is 14.2 Å². The van der Waals surface area contributed by atoms with Crippen LogP contribution in [-0.2, 0) is 39.1 Å². The lowest BCUT2D eigenvalue weighted by Gasteiger charge is -2.30. The number of sulfonamides is 2. The number of piperidine rings is 2. The van der Waals surface area contributed by atoms with Gasteiger partial charge in [-0.3, -0.25) is 9.59 Å². The van der Waals surface area contributed by atoms with Gasteiger partial charge in [0.05, 0.1) is 34.8 Å². The van der Waals surface area contributed by atoms with E-state index in [0.29, 0.717) is 50.3 Å². The summed E-state index contributed by atoms with van der Waals surface area (Å²) in [5, 5.41) is 0. The minimum absolute atomic E-state index is 0.0790. The first kappa shape index (κ1) is 30.9. The Bertz CT molecular complexity index is 1320. The molecule has 224 valence electrons. The Morgan fingerprint density at radius 1 is 0.683 bits per heavy atom. The molecule has 2 heterocycles. The molecule has 0 spiro atoms. The van der Waals surface area contributed by atoms with Gasteiger partial charge in [0.15, 0.2) is 0 Å². The van der Waals surface area contributed by atoms with E-state index in [0.717, 1.165) is 0 Å². The fourth-order valence-electron chi connectivity index (χ4n) is 5.02. The van der Waals surface area contributed by atoms with Crippen molar-refractivity contribution in [2.24, 2.45) is 11.8 Å². The number of nitrogens with zero attached hydrogens (tertiary/aromatic N) is 2. The highest BCUT2D eigenvalue weighted by Crippen LogP contribution is 2.29. The molecule has 2 aliphatic heterocycles. The zero-order valence-electron chi connectivity index (χ0n) is 23.2. The van der Waals surface area contributed by atoms with Crippen LogP contribution in [0.5, 0.6) is 11.5 Å². The number of carbonyl (C=O) groups excluding carboxylic acids is 2. The highest BCUT2D eigenvalue weighted by atomic mass is 32.2. The summed E-state index contributed by atoms with van der Waals surface area (Å²) in [5.41, 5.74) is 0. The average molecular weight is 609 g/mol. The summed E-state index contributed by atoms with van der Waals surface area (Å²) in [7, 11) is -7.62. The third-order valence-corrected chi connectivity index (χ3v) is 10.9. The Kier molecular flexibility index (Phi) is 10.1. The second-order valence-electron chi connectivity index (χ2n) is 9.95. The normalized spacial score (nSPS) is 20.7. The lowest BCUT2D eigenvalue weighted by Crippen LogP contribution is -2.42. The van der Waals surface area contributed by atoms with Gasteiger partial charge in [-0.2, -0.15) is 8.61 Å². The Balaban J connectivity index is 1.39. The highest BCUT2D eigenvalue weighted by molar-refractivity contribution is 7.89. The summed E-state index contributed by atoms with van der Waals surface area (Å²) in [5.74, 6) is -0.992. The van der Waals surface area contributed by atoms with Crippen molar-refractivity contribution in [3.8, 4) is 11.5 Å². The van der Waals surface area contributed by atoms with Crippen molar-refractivity contribution >= 4 is 32.0 Å². The molecule has 0 saturated carbocycles. The van der Waals surface area contributed by atoms with E-state index in [-0.39, 0.29) is 48.0 Å². The number of hydrogen-bond acceptors (Lipinski definition) is 9. The quantitative estimate of drug-likeness (QED) is 0.372. The third-order valence-electron chi connectivity index (χ3n) is 7.17. The molecule has 4 rings (SSSR count). The van der Waals surface area contributed by atoms with Crippen LogP contribution in [0.4, 0.5) is 0 Å². The van der Waals surface area contributed by atoms with E-state index < -0.39 is 31.9 Å². The number of carbonyl (C=O) groups is 2. The van der Waals surface area contributed by atoms with Gasteiger partial charge >= 0.3 is 11.9 Å². The molecule has 13 heteroatoms. The summed E-state index contributed by atoms with van der Waals surface area (Å²) >= 11 is 0. The Labute approximate surface area is 241 Å². The molecule has 2 saturated heterocycles. The molecular weight excluding hydrogens is 572 g/mol. The van der Waals surface area contributed by atoms with Crippen molar-refractivity contribution in [2.75, 3.05) is 39.4 Å². The molecule has 2 atom stereocenters. The molecule has 2 aliphatic rings. The molecule has 2 fully saturated rings. The summed E-state index contributed by atoms with van der Waals surface area (Å²) < 4.78 is 71.3. The Hall–Kier alpha value is -3.00. The standard InChI is InChI=1S/C28H36N2O9S2/c1-3-37-27(31)21-7-5-17-29(19-21)40(33,34)25-13-9-23(10-14-25)39-24-11-15-26(16-12-24)41(35,36)30-18-6-8-22(20-30)28(32)38-4-2/h9-16,21-22H,3-8,17-20H2,1-2H3/t21-,22-/m1/s1. The van der Waals surface area contributed by atoms with Crippen LogP contribution >= 0.6 is 0 Å². The third kappa shape index (κ3) is 7.26. The predicted molar refractivity (Wildman–Crippen MR) is 149 cm³/mol. The number of rotatable bonds is 10. The van der Waals surface area contributed by atoms with Crippen LogP contribution < -0.4 is 4.74 Å². The summed E-state index contributed by atoms with van der Waals surface area (Å²) in [6.07, 6.45) is 2.31. The van der Waals surface area contributed by atoms with Crippen molar-refractivity contribution in [3.63, 3.8) is 0 Å². The highest BCUT2D eigenvalue weighted by Gasteiger charge is 2.35.